The molecule has 26 heavy (non-hydrogen) atoms. The Morgan fingerprint density at radius 2 is 1.92 bits per heavy atom. The van der Waals surface area contributed by atoms with E-state index in [4.69, 9.17) is 9.47 Å². The number of carbonyl (C=O) groups is 2. The molecule has 0 aliphatic carbocycles. The van der Waals surface area contributed by atoms with Crippen LogP contribution in [0.1, 0.15) is 15.9 Å². The van der Waals surface area contributed by atoms with Gasteiger partial charge in [-0.05, 0) is 23.8 Å². The van der Waals surface area contributed by atoms with Crippen molar-refractivity contribution < 1.29 is 19.1 Å². The number of amides is 1. The number of para-hydroxylation sites is 1. The molecule has 0 unspecified atom stereocenters. The maximum atomic E-state index is 12.3. The summed E-state index contributed by atoms with van der Waals surface area (Å²) in [5.74, 6) is -0.154. The highest BCUT2D eigenvalue weighted by atomic mass is 16.5. The van der Waals surface area contributed by atoms with Crippen molar-refractivity contribution in [3.05, 3.63) is 65.9 Å². The highest BCUT2D eigenvalue weighted by Gasteiger charge is 2.16. The number of aryl methyl sites for hydroxylation is 1. The van der Waals surface area contributed by atoms with Gasteiger partial charge in [-0.2, -0.15) is 0 Å². The summed E-state index contributed by atoms with van der Waals surface area (Å²) in [5, 5.41) is 3.53. The van der Waals surface area contributed by atoms with Crippen LogP contribution in [0.3, 0.4) is 0 Å². The molecule has 1 N–H and O–H groups in total. The molecule has 2 aromatic carbocycles. The molecule has 0 radical (unpaired) electrons. The van der Waals surface area contributed by atoms with Crippen LogP contribution in [0.15, 0.2) is 54.7 Å². The van der Waals surface area contributed by atoms with Crippen LogP contribution in [0, 0.1) is 0 Å². The second kappa shape index (κ2) is 7.74. The molecule has 3 rings (SSSR count). The molecule has 3 aromatic rings. The number of nitrogens with one attached hydrogen (secondary N) is 1. The summed E-state index contributed by atoms with van der Waals surface area (Å²) in [4.78, 5) is 24.3. The Labute approximate surface area is 151 Å². The minimum Gasteiger partial charge on any atom is -0.497 e. The lowest BCUT2D eigenvalue weighted by Gasteiger charge is -2.07. The molecule has 1 heterocycles. The number of hydrogen-bond acceptors (Lipinski definition) is 4. The number of esters is 1. The molecule has 0 atom stereocenters. The number of aromatic nitrogens is 1. The van der Waals surface area contributed by atoms with Crippen molar-refractivity contribution in [2.24, 2.45) is 7.05 Å². The maximum absolute atomic E-state index is 12.3. The molecule has 0 aliphatic heterocycles. The summed E-state index contributed by atoms with van der Waals surface area (Å²) in [6, 6.07) is 14.9. The number of benzene rings is 2. The van der Waals surface area contributed by atoms with Crippen LogP contribution >= 0.6 is 0 Å². The lowest BCUT2D eigenvalue weighted by atomic mass is 10.2. The van der Waals surface area contributed by atoms with Gasteiger partial charge in [-0.25, -0.2) is 4.79 Å². The maximum Gasteiger partial charge on any atom is 0.340 e. The molecule has 0 bridgehead atoms. The van der Waals surface area contributed by atoms with E-state index in [0.717, 1.165) is 22.2 Å². The Kier molecular flexibility index (Phi) is 5.22. The van der Waals surface area contributed by atoms with E-state index >= 15 is 0 Å². The van der Waals surface area contributed by atoms with Crippen molar-refractivity contribution in [3.8, 4) is 5.75 Å². The van der Waals surface area contributed by atoms with Gasteiger partial charge < -0.3 is 19.4 Å². The lowest BCUT2D eigenvalue weighted by Crippen LogP contribution is -2.28. The van der Waals surface area contributed by atoms with Gasteiger partial charge in [0.05, 0.1) is 12.7 Å². The Morgan fingerprint density at radius 3 is 2.73 bits per heavy atom. The molecular weight excluding hydrogens is 332 g/mol. The lowest BCUT2D eigenvalue weighted by molar-refractivity contribution is -0.124. The van der Waals surface area contributed by atoms with E-state index in [2.05, 4.69) is 5.32 Å². The van der Waals surface area contributed by atoms with Crippen LogP contribution < -0.4 is 10.1 Å². The monoisotopic (exact) mass is 352 g/mol. The second-order valence-corrected chi connectivity index (χ2v) is 5.88. The van der Waals surface area contributed by atoms with Crippen LogP contribution in [0.25, 0.3) is 10.9 Å². The van der Waals surface area contributed by atoms with Gasteiger partial charge in [0.15, 0.2) is 6.61 Å². The summed E-state index contributed by atoms with van der Waals surface area (Å²) in [5.41, 5.74) is 2.28. The summed E-state index contributed by atoms with van der Waals surface area (Å²) in [6.45, 7) is 0.00781. The number of ether oxygens (including phenoxy) is 2. The number of rotatable bonds is 6. The average molecular weight is 352 g/mol. The fourth-order valence-electron chi connectivity index (χ4n) is 2.75. The first-order valence-electron chi connectivity index (χ1n) is 8.19. The zero-order valence-electron chi connectivity index (χ0n) is 14.7. The average Bonchev–Trinajstić information content (AvgIpc) is 3.02. The van der Waals surface area contributed by atoms with Gasteiger partial charge in [0, 0.05) is 30.7 Å². The molecule has 0 fully saturated rings. The van der Waals surface area contributed by atoms with Gasteiger partial charge >= 0.3 is 5.97 Å². The predicted molar refractivity (Wildman–Crippen MR) is 98.0 cm³/mol. The van der Waals surface area contributed by atoms with Crippen LogP contribution in [0.2, 0.25) is 0 Å². The third-order valence-corrected chi connectivity index (χ3v) is 4.08. The quantitative estimate of drug-likeness (QED) is 0.693. The normalized spacial score (nSPS) is 10.5. The minimum atomic E-state index is -0.515. The van der Waals surface area contributed by atoms with Crippen LogP contribution in [0.5, 0.6) is 5.75 Å². The third-order valence-electron chi connectivity index (χ3n) is 4.08. The van der Waals surface area contributed by atoms with E-state index in [9.17, 15) is 9.59 Å². The summed E-state index contributed by atoms with van der Waals surface area (Å²) in [6.07, 6.45) is 1.71. The zero-order chi connectivity index (χ0) is 18.5. The van der Waals surface area contributed by atoms with Crippen molar-refractivity contribution in [3.63, 3.8) is 0 Å². The Bertz CT molecular complexity index is 946. The predicted octanol–water partition coefficient (Wildman–Crippen LogP) is 2.66. The molecule has 6 nitrogen and oxygen atoms in total. The second-order valence-electron chi connectivity index (χ2n) is 5.88. The number of carbonyl (C=O) groups excluding carboxylic acids is 2. The number of methoxy groups -OCH3 is 1. The Balaban J connectivity index is 1.56. The van der Waals surface area contributed by atoms with Gasteiger partial charge in [-0.15, -0.1) is 0 Å². The highest BCUT2D eigenvalue weighted by Crippen LogP contribution is 2.20. The fourth-order valence-corrected chi connectivity index (χ4v) is 2.75. The Morgan fingerprint density at radius 1 is 1.12 bits per heavy atom. The molecule has 0 saturated heterocycles. The number of fused-ring (bicyclic) bond motifs is 1. The standard InChI is InChI=1S/C20H20N2O4/c1-22-12-17(16-8-3-4-9-18(16)22)20(24)26-13-19(23)21-11-14-6-5-7-15(10-14)25-2/h3-10,12H,11,13H2,1-2H3,(H,21,23). The largest absolute Gasteiger partial charge is 0.497 e. The van der Waals surface area contributed by atoms with E-state index < -0.39 is 5.97 Å². The smallest absolute Gasteiger partial charge is 0.340 e. The van der Waals surface area contributed by atoms with Gasteiger partial charge in [0.1, 0.15) is 5.75 Å². The summed E-state index contributed by atoms with van der Waals surface area (Å²) in [7, 11) is 3.45. The molecule has 1 aromatic heterocycles. The van der Waals surface area contributed by atoms with E-state index in [1.807, 2.05) is 60.1 Å². The first-order valence-corrected chi connectivity index (χ1v) is 8.19. The fraction of sp³-hybridized carbons (Fsp3) is 0.200. The third kappa shape index (κ3) is 3.85. The minimum absolute atomic E-state index is 0.327. The molecule has 0 aliphatic rings. The van der Waals surface area contributed by atoms with E-state index in [-0.39, 0.29) is 12.5 Å². The highest BCUT2D eigenvalue weighted by molar-refractivity contribution is 6.04. The van der Waals surface area contributed by atoms with Gasteiger partial charge in [0.2, 0.25) is 0 Å². The molecule has 0 spiro atoms. The van der Waals surface area contributed by atoms with Crippen molar-refractivity contribution in [2.75, 3.05) is 13.7 Å². The summed E-state index contributed by atoms with van der Waals surface area (Å²) >= 11 is 0. The van der Waals surface area contributed by atoms with Crippen molar-refractivity contribution >= 4 is 22.8 Å². The van der Waals surface area contributed by atoms with Gasteiger partial charge in [-0.1, -0.05) is 30.3 Å². The molecule has 134 valence electrons. The Hall–Kier alpha value is -3.28. The van der Waals surface area contributed by atoms with Gasteiger partial charge in [-0.3, -0.25) is 4.79 Å². The van der Waals surface area contributed by atoms with E-state index in [1.54, 1.807) is 13.3 Å². The first kappa shape index (κ1) is 17.5. The van der Waals surface area contributed by atoms with Crippen LogP contribution in [0.4, 0.5) is 0 Å². The molecule has 0 saturated carbocycles. The van der Waals surface area contributed by atoms with E-state index in [1.165, 1.54) is 0 Å². The van der Waals surface area contributed by atoms with Crippen molar-refractivity contribution in [2.45, 2.75) is 6.54 Å². The number of nitrogens with zero attached hydrogens (tertiary/aromatic N) is 1. The SMILES string of the molecule is COc1cccc(CNC(=O)COC(=O)c2cn(C)c3ccccc23)c1. The van der Waals surface area contributed by atoms with Crippen molar-refractivity contribution in [1.29, 1.82) is 0 Å². The molecule has 1 amide bonds. The van der Waals surface area contributed by atoms with Crippen LogP contribution in [-0.2, 0) is 23.1 Å². The van der Waals surface area contributed by atoms with Crippen LogP contribution in [-0.4, -0.2) is 30.2 Å². The van der Waals surface area contributed by atoms with Gasteiger partial charge in [0.25, 0.3) is 5.91 Å². The number of hydrogen-bond donors (Lipinski definition) is 1. The molecular formula is C20H20N2O4. The zero-order valence-corrected chi connectivity index (χ0v) is 14.7. The van der Waals surface area contributed by atoms with E-state index in [0.29, 0.717) is 12.1 Å². The van der Waals surface area contributed by atoms with Crippen molar-refractivity contribution in [1.82, 2.24) is 9.88 Å². The first-order chi connectivity index (χ1) is 12.6. The summed E-state index contributed by atoms with van der Waals surface area (Å²) < 4.78 is 12.2. The molecule has 6 heteroatoms. The topological polar surface area (TPSA) is 69.6 Å².